The molecule has 3 aromatic carbocycles. The number of β-amino-alcohol motifs (C(OH)–C–C–N with tert-alkyl or cyclic N) is 1. The van der Waals surface area contributed by atoms with Crippen LogP contribution in [0.25, 0.3) is 10.8 Å². The Morgan fingerprint density at radius 1 is 0.914 bits per heavy atom. The lowest BCUT2D eigenvalue weighted by molar-refractivity contribution is 0.0573. The van der Waals surface area contributed by atoms with Crippen LogP contribution in [0.15, 0.2) is 65.6 Å². The van der Waals surface area contributed by atoms with Gasteiger partial charge in [0.05, 0.1) is 18.1 Å². The van der Waals surface area contributed by atoms with E-state index in [1.165, 1.54) is 4.31 Å². The number of hydrogen-bond acceptors (Lipinski definition) is 7. The lowest BCUT2D eigenvalue weighted by Crippen LogP contribution is -2.50. The van der Waals surface area contributed by atoms with Crippen molar-refractivity contribution in [3.63, 3.8) is 0 Å². The standard InChI is InChI=1S/C26H30N2O6S/c29-21(19-34-24-8-3-6-20-5-1-2-7-23(20)24)18-27-11-13-28(14-12-27)35(30,31)22-9-10-25-26(17-22)33-16-4-15-32-25/h1-3,5-10,17,21,29H,4,11-16,18-19H2/t21-/m0/s1. The number of sulfonamides is 1. The highest BCUT2D eigenvalue weighted by molar-refractivity contribution is 7.89. The molecule has 2 aliphatic rings. The second-order valence-corrected chi connectivity index (χ2v) is 10.7. The third-order valence-corrected chi connectivity index (χ3v) is 8.23. The highest BCUT2D eigenvalue weighted by Gasteiger charge is 2.30. The topological polar surface area (TPSA) is 88.5 Å². The molecule has 8 nitrogen and oxygen atoms in total. The zero-order chi connectivity index (χ0) is 24.3. The van der Waals surface area contributed by atoms with Crippen LogP contribution in [0.5, 0.6) is 17.2 Å². The molecule has 1 fully saturated rings. The van der Waals surface area contributed by atoms with Crippen molar-refractivity contribution in [1.82, 2.24) is 9.21 Å². The zero-order valence-corrected chi connectivity index (χ0v) is 20.3. The van der Waals surface area contributed by atoms with Crippen molar-refractivity contribution in [3.8, 4) is 17.2 Å². The normalized spacial score (nSPS) is 18.2. The smallest absolute Gasteiger partial charge is 0.243 e. The molecule has 186 valence electrons. The highest BCUT2D eigenvalue weighted by Crippen LogP contribution is 2.33. The minimum Gasteiger partial charge on any atom is -0.490 e. The number of nitrogens with zero attached hydrogens (tertiary/aromatic N) is 2. The number of piperazine rings is 1. The molecule has 2 heterocycles. The van der Waals surface area contributed by atoms with Gasteiger partial charge in [-0.15, -0.1) is 0 Å². The molecule has 0 aliphatic carbocycles. The first-order chi connectivity index (χ1) is 17.0. The van der Waals surface area contributed by atoms with Gasteiger partial charge in [0.15, 0.2) is 11.5 Å². The second kappa shape index (κ2) is 10.4. The molecule has 1 N–H and O–H groups in total. The molecule has 9 heteroatoms. The van der Waals surface area contributed by atoms with Crippen molar-refractivity contribution in [3.05, 3.63) is 60.7 Å². The summed E-state index contributed by atoms with van der Waals surface area (Å²) < 4.78 is 45.0. The largest absolute Gasteiger partial charge is 0.490 e. The van der Waals surface area contributed by atoms with Crippen molar-refractivity contribution < 1.29 is 27.7 Å². The SMILES string of the molecule is O=S(=O)(c1ccc2c(c1)OCCCO2)N1CCN(C[C@H](O)COc2cccc3ccccc23)CC1. The average molecular weight is 499 g/mol. The van der Waals surface area contributed by atoms with Crippen molar-refractivity contribution >= 4 is 20.8 Å². The van der Waals surface area contributed by atoms with Gasteiger partial charge in [0, 0.05) is 50.6 Å². The molecule has 0 unspecified atom stereocenters. The summed E-state index contributed by atoms with van der Waals surface area (Å²) in [7, 11) is -3.64. The lowest BCUT2D eigenvalue weighted by Gasteiger charge is -2.34. The zero-order valence-electron chi connectivity index (χ0n) is 19.5. The minimum atomic E-state index is -3.64. The Kier molecular flexibility index (Phi) is 7.10. The summed E-state index contributed by atoms with van der Waals surface area (Å²) in [5.74, 6) is 1.79. The average Bonchev–Trinajstić information content (AvgIpc) is 3.13. The molecule has 0 bridgehead atoms. The van der Waals surface area contributed by atoms with Gasteiger partial charge in [-0.1, -0.05) is 36.4 Å². The van der Waals surface area contributed by atoms with Gasteiger partial charge in [0.2, 0.25) is 10.0 Å². The number of benzene rings is 3. The molecular formula is C26H30N2O6S. The molecule has 3 aromatic rings. The van der Waals surface area contributed by atoms with Crippen LogP contribution in [0, 0.1) is 0 Å². The molecule has 0 radical (unpaired) electrons. The summed E-state index contributed by atoms with van der Waals surface area (Å²) in [6.45, 7) is 3.43. The molecular weight excluding hydrogens is 468 g/mol. The third kappa shape index (κ3) is 5.38. The Balaban J connectivity index is 1.15. The summed E-state index contributed by atoms with van der Waals surface area (Å²) in [6, 6.07) is 18.6. The number of hydrogen-bond donors (Lipinski definition) is 1. The van der Waals surface area contributed by atoms with Crippen LogP contribution in [-0.2, 0) is 10.0 Å². The third-order valence-electron chi connectivity index (χ3n) is 6.34. The Morgan fingerprint density at radius 3 is 2.49 bits per heavy atom. The first kappa shape index (κ1) is 23.9. The van der Waals surface area contributed by atoms with Crippen LogP contribution >= 0.6 is 0 Å². The van der Waals surface area contributed by atoms with E-state index < -0.39 is 16.1 Å². The fourth-order valence-electron chi connectivity index (χ4n) is 4.46. The van der Waals surface area contributed by atoms with Gasteiger partial charge in [0.1, 0.15) is 18.5 Å². The lowest BCUT2D eigenvalue weighted by atomic mass is 10.1. The number of fused-ring (bicyclic) bond motifs is 2. The number of rotatable bonds is 7. The maximum Gasteiger partial charge on any atom is 0.243 e. The first-order valence-corrected chi connectivity index (χ1v) is 13.4. The molecule has 0 saturated carbocycles. The van der Waals surface area contributed by atoms with Gasteiger partial charge < -0.3 is 19.3 Å². The van der Waals surface area contributed by atoms with Gasteiger partial charge >= 0.3 is 0 Å². The van der Waals surface area contributed by atoms with Gasteiger partial charge in [-0.2, -0.15) is 4.31 Å². The summed E-state index contributed by atoms with van der Waals surface area (Å²) in [6.07, 6.45) is 0.0798. The fourth-order valence-corrected chi connectivity index (χ4v) is 5.90. The number of aliphatic hydroxyl groups excluding tert-OH is 1. The Bertz CT molecular complexity index is 1270. The Hall–Kier alpha value is -2.85. The molecule has 0 amide bonds. The highest BCUT2D eigenvalue weighted by atomic mass is 32.2. The van der Waals surface area contributed by atoms with Crippen molar-refractivity contribution in [2.75, 3.05) is 52.5 Å². The molecule has 0 spiro atoms. The molecule has 5 rings (SSSR count). The van der Waals surface area contributed by atoms with Crippen LogP contribution in [-0.4, -0.2) is 81.4 Å². The van der Waals surface area contributed by atoms with Gasteiger partial charge in [-0.25, -0.2) is 8.42 Å². The van der Waals surface area contributed by atoms with E-state index in [0.29, 0.717) is 57.4 Å². The van der Waals surface area contributed by atoms with E-state index >= 15 is 0 Å². The van der Waals surface area contributed by atoms with E-state index in [1.807, 2.05) is 42.5 Å². The van der Waals surface area contributed by atoms with E-state index in [9.17, 15) is 13.5 Å². The molecule has 1 saturated heterocycles. The summed E-state index contributed by atoms with van der Waals surface area (Å²) in [5.41, 5.74) is 0. The van der Waals surface area contributed by atoms with Gasteiger partial charge in [-0.3, -0.25) is 4.90 Å². The number of aliphatic hydroxyl groups is 1. The molecule has 35 heavy (non-hydrogen) atoms. The predicted molar refractivity (Wildman–Crippen MR) is 133 cm³/mol. The van der Waals surface area contributed by atoms with Gasteiger partial charge in [0.25, 0.3) is 0 Å². The molecule has 2 aliphatic heterocycles. The van der Waals surface area contributed by atoms with Crippen LogP contribution in [0.3, 0.4) is 0 Å². The van der Waals surface area contributed by atoms with Crippen LogP contribution in [0.1, 0.15) is 6.42 Å². The maximum atomic E-state index is 13.2. The minimum absolute atomic E-state index is 0.170. The van der Waals surface area contributed by atoms with Crippen LogP contribution in [0.4, 0.5) is 0 Å². The van der Waals surface area contributed by atoms with E-state index in [2.05, 4.69) is 4.90 Å². The van der Waals surface area contributed by atoms with E-state index in [0.717, 1.165) is 22.9 Å². The van der Waals surface area contributed by atoms with E-state index in [-0.39, 0.29) is 11.5 Å². The monoisotopic (exact) mass is 498 g/mol. The summed E-state index contributed by atoms with van der Waals surface area (Å²) in [5, 5.41) is 12.6. The molecule has 0 aromatic heterocycles. The van der Waals surface area contributed by atoms with E-state index in [4.69, 9.17) is 14.2 Å². The molecule has 1 atom stereocenters. The van der Waals surface area contributed by atoms with E-state index in [1.54, 1.807) is 18.2 Å². The van der Waals surface area contributed by atoms with Crippen molar-refractivity contribution in [2.24, 2.45) is 0 Å². The van der Waals surface area contributed by atoms with Crippen LogP contribution in [0.2, 0.25) is 0 Å². The van der Waals surface area contributed by atoms with Crippen molar-refractivity contribution in [2.45, 2.75) is 17.4 Å². The summed E-state index contributed by atoms with van der Waals surface area (Å²) in [4.78, 5) is 2.27. The maximum absolute atomic E-state index is 13.2. The van der Waals surface area contributed by atoms with Gasteiger partial charge in [-0.05, 0) is 23.6 Å². The second-order valence-electron chi connectivity index (χ2n) is 8.81. The first-order valence-electron chi connectivity index (χ1n) is 11.9. The number of ether oxygens (including phenoxy) is 3. The quantitative estimate of drug-likeness (QED) is 0.536. The Labute approximate surface area is 205 Å². The predicted octanol–water partition coefficient (Wildman–Crippen LogP) is 2.75. The Morgan fingerprint density at radius 2 is 1.66 bits per heavy atom. The van der Waals surface area contributed by atoms with Crippen molar-refractivity contribution in [1.29, 1.82) is 0 Å². The van der Waals surface area contributed by atoms with Crippen LogP contribution < -0.4 is 14.2 Å². The fraction of sp³-hybridized carbons (Fsp3) is 0.385. The summed E-state index contributed by atoms with van der Waals surface area (Å²) >= 11 is 0.